The molecule has 1 aliphatic heterocycles. The second kappa shape index (κ2) is 5.48. The van der Waals surface area contributed by atoms with Crippen molar-refractivity contribution in [2.24, 2.45) is 5.41 Å². The first-order valence-corrected chi connectivity index (χ1v) is 8.78. The SMILES string of the molecule is Cc1cc(C2CCCN(S(=O)(=O)CC(C)(C)C)C2)n[nH]1. The maximum absolute atomic E-state index is 12.5. The van der Waals surface area contributed by atoms with Crippen molar-refractivity contribution >= 4 is 10.0 Å². The molecule has 1 atom stereocenters. The predicted molar refractivity (Wildman–Crippen MR) is 80.1 cm³/mol. The standard InChI is InChI=1S/C14H25N3O2S/c1-11-8-13(16-15-11)12-6-5-7-17(9-12)20(18,19)10-14(2,3)4/h8,12H,5-7,9-10H2,1-4H3,(H,15,16). The van der Waals surface area contributed by atoms with Crippen molar-refractivity contribution in [1.29, 1.82) is 0 Å². The van der Waals surface area contributed by atoms with Crippen molar-refractivity contribution in [3.63, 3.8) is 0 Å². The Morgan fingerprint density at radius 2 is 2.15 bits per heavy atom. The summed E-state index contributed by atoms with van der Waals surface area (Å²) >= 11 is 0. The van der Waals surface area contributed by atoms with E-state index in [9.17, 15) is 8.42 Å². The second-order valence-electron chi connectivity index (χ2n) is 6.99. The summed E-state index contributed by atoms with van der Waals surface area (Å²) in [7, 11) is -3.18. The number of H-pyrrole nitrogens is 1. The van der Waals surface area contributed by atoms with E-state index in [1.54, 1.807) is 4.31 Å². The van der Waals surface area contributed by atoms with Gasteiger partial charge in [0, 0.05) is 24.7 Å². The number of aromatic nitrogens is 2. The van der Waals surface area contributed by atoms with E-state index in [1.165, 1.54) is 0 Å². The van der Waals surface area contributed by atoms with Crippen LogP contribution in [0.25, 0.3) is 0 Å². The maximum atomic E-state index is 12.5. The van der Waals surface area contributed by atoms with Crippen molar-refractivity contribution in [2.45, 2.75) is 46.5 Å². The molecule has 2 rings (SSSR count). The average molecular weight is 299 g/mol. The van der Waals surface area contributed by atoms with E-state index in [4.69, 9.17) is 0 Å². The van der Waals surface area contributed by atoms with Crippen LogP contribution in [0.5, 0.6) is 0 Å². The van der Waals surface area contributed by atoms with Crippen LogP contribution in [-0.2, 0) is 10.0 Å². The molecule has 0 radical (unpaired) electrons. The van der Waals surface area contributed by atoms with E-state index in [2.05, 4.69) is 10.2 Å². The minimum absolute atomic E-state index is 0.201. The van der Waals surface area contributed by atoms with Gasteiger partial charge in [0.1, 0.15) is 0 Å². The largest absolute Gasteiger partial charge is 0.283 e. The number of aryl methyl sites for hydroxylation is 1. The lowest BCUT2D eigenvalue weighted by Gasteiger charge is -2.33. The van der Waals surface area contributed by atoms with E-state index >= 15 is 0 Å². The lowest BCUT2D eigenvalue weighted by atomic mass is 9.96. The van der Waals surface area contributed by atoms with E-state index in [1.807, 2.05) is 33.8 Å². The van der Waals surface area contributed by atoms with Crippen LogP contribution in [0.1, 0.15) is 50.9 Å². The number of nitrogens with one attached hydrogen (secondary N) is 1. The molecule has 1 aromatic rings. The quantitative estimate of drug-likeness (QED) is 0.931. The zero-order chi connectivity index (χ0) is 15.0. The van der Waals surface area contributed by atoms with Gasteiger partial charge >= 0.3 is 0 Å². The molecular formula is C14H25N3O2S. The molecule has 1 unspecified atom stereocenters. The van der Waals surface area contributed by atoms with Crippen LogP contribution < -0.4 is 0 Å². The van der Waals surface area contributed by atoms with Gasteiger partial charge in [-0.05, 0) is 31.2 Å². The van der Waals surface area contributed by atoms with E-state index < -0.39 is 10.0 Å². The molecule has 1 fully saturated rings. The van der Waals surface area contributed by atoms with Gasteiger partial charge in [0.2, 0.25) is 10.0 Å². The molecule has 0 bridgehead atoms. The molecule has 1 aliphatic rings. The summed E-state index contributed by atoms with van der Waals surface area (Å²) in [5.74, 6) is 0.412. The normalized spacial score (nSPS) is 22.1. The van der Waals surface area contributed by atoms with Gasteiger partial charge in [0.25, 0.3) is 0 Å². The number of aromatic amines is 1. The van der Waals surface area contributed by atoms with Gasteiger partial charge in [-0.1, -0.05) is 20.8 Å². The average Bonchev–Trinajstić information content (AvgIpc) is 2.73. The zero-order valence-electron chi connectivity index (χ0n) is 12.8. The Labute approximate surface area is 121 Å². The van der Waals surface area contributed by atoms with Gasteiger partial charge in [0.05, 0.1) is 11.4 Å². The van der Waals surface area contributed by atoms with Crippen LogP contribution in [0.4, 0.5) is 0 Å². The van der Waals surface area contributed by atoms with Gasteiger partial charge in [-0.15, -0.1) is 0 Å². The van der Waals surface area contributed by atoms with Crippen LogP contribution in [0.15, 0.2) is 6.07 Å². The highest BCUT2D eigenvalue weighted by molar-refractivity contribution is 7.89. The Balaban J connectivity index is 2.11. The fourth-order valence-electron chi connectivity index (χ4n) is 2.72. The first kappa shape index (κ1) is 15.5. The molecule has 0 aliphatic carbocycles. The van der Waals surface area contributed by atoms with Crippen LogP contribution in [0.2, 0.25) is 0 Å². The summed E-state index contributed by atoms with van der Waals surface area (Å²) in [5, 5.41) is 7.22. The Hall–Kier alpha value is -0.880. The summed E-state index contributed by atoms with van der Waals surface area (Å²) < 4.78 is 26.6. The molecule has 0 saturated carbocycles. The molecule has 0 spiro atoms. The lowest BCUT2D eigenvalue weighted by molar-refractivity contribution is 0.306. The van der Waals surface area contributed by atoms with E-state index in [-0.39, 0.29) is 17.1 Å². The molecule has 114 valence electrons. The third kappa shape index (κ3) is 3.82. The van der Waals surface area contributed by atoms with Crippen LogP contribution in [0, 0.1) is 12.3 Å². The van der Waals surface area contributed by atoms with Gasteiger partial charge in [-0.2, -0.15) is 5.10 Å². The highest BCUT2D eigenvalue weighted by atomic mass is 32.2. The molecule has 0 aromatic carbocycles. The molecule has 2 heterocycles. The number of sulfonamides is 1. The van der Waals surface area contributed by atoms with Crippen LogP contribution >= 0.6 is 0 Å². The van der Waals surface area contributed by atoms with Gasteiger partial charge in [-0.3, -0.25) is 5.10 Å². The molecule has 1 N–H and O–H groups in total. The number of rotatable bonds is 3. The summed E-state index contributed by atoms with van der Waals surface area (Å²) in [6, 6.07) is 2.02. The molecular weight excluding hydrogens is 274 g/mol. The second-order valence-corrected chi connectivity index (χ2v) is 8.96. The summed E-state index contributed by atoms with van der Waals surface area (Å²) in [6.07, 6.45) is 1.91. The van der Waals surface area contributed by atoms with Crippen LogP contribution in [0.3, 0.4) is 0 Å². The summed E-state index contributed by atoms with van der Waals surface area (Å²) in [6.45, 7) is 9.05. The Bertz CT molecular complexity index is 557. The first-order chi connectivity index (χ1) is 9.17. The minimum atomic E-state index is -3.18. The highest BCUT2D eigenvalue weighted by Gasteiger charge is 2.33. The predicted octanol–water partition coefficient (Wildman–Crippen LogP) is 2.27. The molecule has 0 amide bonds. The topological polar surface area (TPSA) is 66.1 Å². The number of hydrogen-bond donors (Lipinski definition) is 1. The lowest BCUT2D eigenvalue weighted by Crippen LogP contribution is -2.42. The van der Waals surface area contributed by atoms with Gasteiger partial charge in [0.15, 0.2) is 0 Å². The highest BCUT2D eigenvalue weighted by Crippen LogP contribution is 2.29. The molecule has 1 saturated heterocycles. The van der Waals surface area contributed by atoms with Gasteiger partial charge < -0.3 is 0 Å². The fourth-order valence-corrected chi connectivity index (χ4v) is 4.81. The molecule has 6 heteroatoms. The monoisotopic (exact) mass is 299 g/mol. The Morgan fingerprint density at radius 3 is 2.70 bits per heavy atom. The Kier molecular flexibility index (Phi) is 4.25. The Morgan fingerprint density at radius 1 is 1.45 bits per heavy atom. The number of piperidine rings is 1. The smallest absolute Gasteiger partial charge is 0.214 e. The van der Waals surface area contributed by atoms with Crippen molar-refractivity contribution in [2.75, 3.05) is 18.8 Å². The molecule has 20 heavy (non-hydrogen) atoms. The van der Waals surface area contributed by atoms with Crippen molar-refractivity contribution < 1.29 is 8.42 Å². The first-order valence-electron chi connectivity index (χ1n) is 7.17. The fraction of sp³-hybridized carbons (Fsp3) is 0.786. The van der Waals surface area contributed by atoms with E-state index in [0.717, 1.165) is 24.2 Å². The van der Waals surface area contributed by atoms with E-state index in [0.29, 0.717) is 13.1 Å². The number of nitrogens with zero attached hydrogens (tertiary/aromatic N) is 2. The van der Waals surface area contributed by atoms with Gasteiger partial charge in [-0.25, -0.2) is 12.7 Å². The molecule has 1 aromatic heterocycles. The summed E-state index contributed by atoms with van der Waals surface area (Å²) in [4.78, 5) is 0. The minimum Gasteiger partial charge on any atom is -0.283 e. The number of hydrogen-bond acceptors (Lipinski definition) is 3. The third-order valence-electron chi connectivity index (χ3n) is 3.54. The van der Waals surface area contributed by atoms with Crippen molar-refractivity contribution in [3.8, 4) is 0 Å². The third-order valence-corrected chi connectivity index (χ3v) is 5.89. The van der Waals surface area contributed by atoms with Crippen molar-refractivity contribution in [1.82, 2.24) is 14.5 Å². The van der Waals surface area contributed by atoms with Crippen molar-refractivity contribution in [3.05, 3.63) is 17.5 Å². The maximum Gasteiger partial charge on any atom is 0.214 e. The summed E-state index contributed by atoms with van der Waals surface area (Å²) in [5.41, 5.74) is 1.79. The van der Waals surface area contributed by atoms with Crippen LogP contribution in [-0.4, -0.2) is 41.8 Å². The zero-order valence-corrected chi connectivity index (χ0v) is 13.6. The molecule has 5 nitrogen and oxygen atoms in total.